The fourth-order valence-corrected chi connectivity index (χ4v) is 3.81. The monoisotopic (exact) mass is 412 g/mol. The molecule has 0 aliphatic carbocycles. The zero-order chi connectivity index (χ0) is 21.6. The van der Waals surface area contributed by atoms with Crippen molar-refractivity contribution >= 4 is 22.7 Å². The van der Waals surface area contributed by atoms with Gasteiger partial charge in [0.2, 0.25) is 0 Å². The first-order chi connectivity index (χ1) is 15.8. The Morgan fingerprint density at radius 3 is 1.06 bits per heavy atom. The van der Waals surface area contributed by atoms with Crippen LogP contribution in [0.4, 0.5) is 22.7 Å². The van der Waals surface area contributed by atoms with Crippen molar-refractivity contribution < 1.29 is 0 Å². The summed E-state index contributed by atoms with van der Waals surface area (Å²) in [5, 5.41) is 6.97. The Bertz CT molecular complexity index is 1210. The van der Waals surface area contributed by atoms with E-state index in [0.29, 0.717) is 0 Å². The van der Waals surface area contributed by atoms with Crippen LogP contribution in [0.3, 0.4) is 0 Å². The number of hydrogen-bond donors (Lipinski definition) is 2. The molecule has 0 atom stereocenters. The lowest BCUT2D eigenvalue weighted by Crippen LogP contribution is -1.91. The van der Waals surface area contributed by atoms with E-state index in [0.717, 1.165) is 22.7 Å². The van der Waals surface area contributed by atoms with Crippen molar-refractivity contribution in [1.29, 1.82) is 0 Å². The van der Waals surface area contributed by atoms with Crippen LogP contribution in [-0.2, 0) is 0 Å². The van der Waals surface area contributed by atoms with Crippen molar-refractivity contribution in [2.45, 2.75) is 0 Å². The summed E-state index contributed by atoms with van der Waals surface area (Å²) in [6, 6.07) is 46.3. The average molecular weight is 413 g/mol. The first-order valence-electron chi connectivity index (χ1n) is 10.8. The quantitative estimate of drug-likeness (QED) is 0.292. The van der Waals surface area contributed by atoms with Crippen LogP contribution in [0, 0.1) is 0 Å². The largest absolute Gasteiger partial charge is 0.356 e. The molecule has 0 radical (unpaired) electrons. The summed E-state index contributed by atoms with van der Waals surface area (Å²) in [7, 11) is 0. The van der Waals surface area contributed by atoms with Gasteiger partial charge >= 0.3 is 0 Å². The predicted octanol–water partition coefficient (Wildman–Crippen LogP) is 8.51. The fraction of sp³-hybridized carbons (Fsp3) is 0. The Morgan fingerprint density at radius 2 is 0.625 bits per heavy atom. The molecule has 0 bridgehead atoms. The molecule has 0 unspecified atom stereocenters. The van der Waals surface area contributed by atoms with Gasteiger partial charge in [-0.3, -0.25) is 0 Å². The molecule has 5 rings (SSSR count). The molecule has 2 nitrogen and oxygen atoms in total. The summed E-state index contributed by atoms with van der Waals surface area (Å²) in [5.74, 6) is 0. The lowest BCUT2D eigenvalue weighted by atomic mass is 9.98. The minimum atomic E-state index is 1.08. The standard InChI is InChI=1S/C30H24N2/c1-3-14-27(15-4-1)31-29-18-8-12-25(21-29)23-10-7-11-24(20-23)26-13-9-19-30(22-26)32-28-16-5-2-6-17-28/h1-22,31-32H. The Kier molecular flexibility index (Phi) is 5.67. The summed E-state index contributed by atoms with van der Waals surface area (Å²) >= 11 is 0. The second kappa shape index (κ2) is 9.23. The average Bonchev–Trinajstić information content (AvgIpc) is 2.86. The zero-order valence-corrected chi connectivity index (χ0v) is 17.7. The van der Waals surface area contributed by atoms with Gasteiger partial charge in [-0.05, 0) is 76.9 Å². The van der Waals surface area contributed by atoms with Crippen molar-refractivity contribution in [1.82, 2.24) is 0 Å². The van der Waals surface area contributed by atoms with E-state index < -0.39 is 0 Å². The number of benzene rings is 5. The Labute approximate surface area is 189 Å². The van der Waals surface area contributed by atoms with E-state index in [2.05, 4.69) is 108 Å². The maximum atomic E-state index is 3.48. The Hall–Kier alpha value is -4.30. The van der Waals surface area contributed by atoms with Crippen LogP contribution in [-0.4, -0.2) is 0 Å². The maximum absolute atomic E-state index is 3.48. The molecule has 5 aromatic rings. The SMILES string of the molecule is c1ccc(Nc2cccc(-c3cccc(-c4cccc(Nc5ccccc5)c4)c3)c2)cc1. The smallest absolute Gasteiger partial charge is 0.0390 e. The summed E-state index contributed by atoms with van der Waals surface area (Å²) < 4.78 is 0. The third-order valence-electron chi connectivity index (χ3n) is 5.38. The number of rotatable bonds is 6. The fourth-order valence-electron chi connectivity index (χ4n) is 3.81. The molecule has 0 saturated heterocycles. The van der Waals surface area contributed by atoms with Gasteiger partial charge in [-0.15, -0.1) is 0 Å². The maximum Gasteiger partial charge on any atom is 0.0390 e. The molecule has 154 valence electrons. The molecular weight excluding hydrogens is 388 g/mol. The summed E-state index contributed by atoms with van der Waals surface area (Å²) in [6.45, 7) is 0. The Balaban J connectivity index is 1.41. The Morgan fingerprint density at radius 1 is 0.281 bits per heavy atom. The zero-order valence-electron chi connectivity index (χ0n) is 17.7. The molecule has 5 aromatic carbocycles. The molecule has 0 saturated carbocycles. The molecule has 0 aliphatic heterocycles. The molecule has 0 amide bonds. The highest BCUT2D eigenvalue weighted by molar-refractivity contribution is 5.77. The van der Waals surface area contributed by atoms with Gasteiger partial charge in [0.1, 0.15) is 0 Å². The highest BCUT2D eigenvalue weighted by Gasteiger charge is 2.05. The van der Waals surface area contributed by atoms with Gasteiger partial charge in [-0.1, -0.05) is 78.9 Å². The van der Waals surface area contributed by atoms with Crippen molar-refractivity contribution in [3.8, 4) is 22.3 Å². The van der Waals surface area contributed by atoms with Gasteiger partial charge in [0.05, 0.1) is 0 Å². The topological polar surface area (TPSA) is 24.1 Å². The second-order valence-electron chi connectivity index (χ2n) is 7.72. The van der Waals surface area contributed by atoms with E-state index in [1.165, 1.54) is 22.3 Å². The molecule has 2 heteroatoms. The number of anilines is 4. The van der Waals surface area contributed by atoms with Crippen LogP contribution in [0.1, 0.15) is 0 Å². The molecule has 2 N–H and O–H groups in total. The minimum Gasteiger partial charge on any atom is -0.356 e. The van der Waals surface area contributed by atoms with Crippen LogP contribution in [0.5, 0.6) is 0 Å². The third-order valence-corrected chi connectivity index (χ3v) is 5.38. The molecular formula is C30H24N2. The van der Waals surface area contributed by atoms with Crippen molar-refractivity contribution in [3.05, 3.63) is 133 Å². The highest BCUT2D eigenvalue weighted by Crippen LogP contribution is 2.30. The molecule has 0 aliphatic rings. The third kappa shape index (κ3) is 4.71. The lowest BCUT2D eigenvalue weighted by molar-refractivity contribution is 1.53. The van der Waals surface area contributed by atoms with Crippen LogP contribution in [0.25, 0.3) is 22.3 Å². The van der Waals surface area contributed by atoms with E-state index >= 15 is 0 Å². The lowest BCUT2D eigenvalue weighted by Gasteiger charge is -2.11. The van der Waals surface area contributed by atoms with Crippen LogP contribution in [0.15, 0.2) is 133 Å². The molecule has 0 aromatic heterocycles. The molecule has 32 heavy (non-hydrogen) atoms. The number of hydrogen-bond acceptors (Lipinski definition) is 2. The van der Waals surface area contributed by atoms with Crippen LogP contribution in [0.2, 0.25) is 0 Å². The van der Waals surface area contributed by atoms with E-state index in [1.807, 2.05) is 36.4 Å². The summed E-state index contributed by atoms with van der Waals surface area (Å²) in [6.07, 6.45) is 0. The van der Waals surface area contributed by atoms with E-state index in [4.69, 9.17) is 0 Å². The van der Waals surface area contributed by atoms with E-state index in [1.54, 1.807) is 0 Å². The van der Waals surface area contributed by atoms with Gasteiger partial charge in [0.25, 0.3) is 0 Å². The highest BCUT2D eigenvalue weighted by atomic mass is 14.9. The summed E-state index contributed by atoms with van der Waals surface area (Å²) in [4.78, 5) is 0. The van der Waals surface area contributed by atoms with E-state index in [-0.39, 0.29) is 0 Å². The number of para-hydroxylation sites is 2. The first kappa shape index (κ1) is 19.7. The van der Waals surface area contributed by atoms with Gasteiger partial charge in [-0.2, -0.15) is 0 Å². The normalized spacial score (nSPS) is 10.5. The van der Waals surface area contributed by atoms with Crippen molar-refractivity contribution in [2.75, 3.05) is 10.6 Å². The minimum absolute atomic E-state index is 1.08. The number of nitrogens with one attached hydrogen (secondary N) is 2. The van der Waals surface area contributed by atoms with Crippen LogP contribution < -0.4 is 10.6 Å². The van der Waals surface area contributed by atoms with Gasteiger partial charge in [0.15, 0.2) is 0 Å². The summed E-state index contributed by atoms with van der Waals surface area (Å²) in [5.41, 5.74) is 9.09. The van der Waals surface area contributed by atoms with Gasteiger partial charge < -0.3 is 10.6 Å². The van der Waals surface area contributed by atoms with Crippen LogP contribution >= 0.6 is 0 Å². The second-order valence-corrected chi connectivity index (χ2v) is 7.72. The predicted molar refractivity (Wildman–Crippen MR) is 137 cm³/mol. The van der Waals surface area contributed by atoms with Crippen molar-refractivity contribution in [2.24, 2.45) is 0 Å². The molecule has 0 spiro atoms. The molecule has 0 fully saturated rings. The molecule has 0 heterocycles. The van der Waals surface area contributed by atoms with Gasteiger partial charge in [-0.25, -0.2) is 0 Å². The van der Waals surface area contributed by atoms with Gasteiger partial charge in [0, 0.05) is 22.7 Å². The van der Waals surface area contributed by atoms with E-state index in [9.17, 15) is 0 Å². The van der Waals surface area contributed by atoms with Crippen molar-refractivity contribution in [3.63, 3.8) is 0 Å². The first-order valence-corrected chi connectivity index (χ1v) is 10.8.